The van der Waals surface area contributed by atoms with Crippen molar-refractivity contribution >= 4 is 43.7 Å². The van der Waals surface area contributed by atoms with Crippen molar-refractivity contribution in [2.24, 2.45) is 0 Å². The van der Waals surface area contributed by atoms with Gasteiger partial charge in [0.2, 0.25) is 0 Å². The third kappa shape index (κ3) is 3.66. The van der Waals surface area contributed by atoms with Crippen molar-refractivity contribution in [3.63, 3.8) is 0 Å². The van der Waals surface area contributed by atoms with Gasteiger partial charge >= 0.3 is 0 Å². The van der Waals surface area contributed by atoms with Crippen LogP contribution in [0.3, 0.4) is 0 Å². The van der Waals surface area contributed by atoms with Crippen molar-refractivity contribution in [3.8, 4) is 0 Å². The molecule has 6 heteroatoms. The largest absolute Gasteiger partial charge is 0.451 e. The van der Waals surface area contributed by atoms with E-state index in [9.17, 15) is 4.79 Å². The van der Waals surface area contributed by atoms with Crippen molar-refractivity contribution < 1.29 is 9.21 Å². The van der Waals surface area contributed by atoms with Crippen LogP contribution in [0.15, 0.2) is 69.7 Å². The minimum atomic E-state index is -0.0381. The molecule has 3 heterocycles. The molecule has 1 aliphatic heterocycles. The number of halogens is 1. The number of benzene rings is 2. The number of hydrogen-bond donors (Lipinski definition) is 0. The number of aromatic nitrogens is 1. The maximum Gasteiger partial charge on any atom is 0.289 e. The first-order chi connectivity index (χ1) is 14.2. The fourth-order valence-electron chi connectivity index (χ4n) is 3.92. The number of nitrogens with zero attached hydrogens (tertiary/aromatic N) is 3. The Hall–Kier alpha value is -2.70. The van der Waals surface area contributed by atoms with Gasteiger partial charge < -0.3 is 9.32 Å². The fraction of sp³-hybridized carbons (Fsp3) is 0.217. The molecule has 5 nitrogen and oxygen atoms in total. The second kappa shape index (κ2) is 7.61. The van der Waals surface area contributed by atoms with Gasteiger partial charge in [-0.3, -0.25) is 14.7 Å². The standard InChI is InChI=1S/C23H20BrN3O2/c24-19-6-7-20-18(13-19)14-21(29-20)23(28)27-11-9-26(10-12-27)15-17-4-1-3-16-5-2-8-25-22(16)17/h1-8,13-14H,9-12,15H2. The lowest BCUT2D eigenvalue weighted by Crippen LogP contribution is -2.48. The molecule has 2 aromatic carbocycles. The summed E-state index contributed by atoms with van der Waals surface area (Å²) in [6, 6.07) is 18.0. The molecule has 29 heavy (non-hydrogen) atoms. The molecule has 1 aliphatic rings. The molecule has 0 aliphatic carbocycles. The number of pyridine rings is 1. The highest BCUT2D eigenvalue weighted by Gasteiger charge is 2.25. The first-order valence-electron chi connectivity index (χ1n) is 9.71. The average Bonchev–Trinajstić information content (AvgIpc) is 3.17. The van der Waals surface area contributed by atoms with Gasteiger partial charge in [-0.05, 0) is 35.9 Å². The van der Waals surface area contributed by atoms with Crippen LogP contribution in [0.25, 0.3) is 21.9 Å². The van der Waals surface area contributed by atoms with Crippen LogP contribution >= 0.6 is 15.9 Å². The van der Waals surface area contributed by atoms with Gasteiger partial charge in [0.1, 0.15) is 5.58 Å². The molecular formula is C23H20BrN3O2. The van der Waals surface area contributed by atoms with Crippen LogP contribution in [0.1, 0.15) is 16.1 Å². The van der Waals surface area contributed by atoms with Gasteiger partial charge in [0, 0.05) is 54.2 Å². The first-order valence-corrected chi connectivity index (χ1v) is 10.5. The number of fused-ring (bicyclic) bond motifs is 2. The van der Waals surface area contributed by atoms with Crippen LogP contribution in [0, 0.1) is 0 Å². The predicted molar refractivity (Wildman–Crippen MR) is 117 cm³/mol. The highest BCUT2D eigenvalue weighted by molar-refractivity contribution is 9.10. The maximum absolute atomic E-state index is 12.9. The summed E-state index contributed by atoms with van der Waals surface area (Å²) in [6.07, 6.45) is 1.84. The molecule has 0 radical (unpaired) electrons. The van der Waals surface area contributed by atoms with Crippen molar-refractivity contribution in [2.45, 2.75) is 6.54 Å². The van der Waals surface area contributed by atoms with E-state index in [0.717, 1.165) is 46.0 Å². The van der Waals surface area contributed by atoms with E-state index in [-0.39, 0.29) is 5.91 Å². The van der Waals surface area contributed by atoms with Crippen molar-refractivity contribution in [3.05, 3.63) is 76.6 Å². The SMILES string of the molecule is O=C(c1cc2cc(Br)ccc2o1)N1CCN(Cc2cccc3cccnc23)CC1. The number of para-hydroxylation sites is 1. The van der Waals surface area contributed by atoms with Crippen molar-refractivity contribution in [1.82, 2.24) is 14.8 Å². The van der Waals surface area contributed by atoms with Crippen LogP contribution in [-0.4, -0.2) is 46.9 Å². The minimum absolute atomic E-state index is 0.0381. The van der Waals surface area contributed by atoms with Crippen LogP contribution in [0.2, 0.25) is 0 Å². The summed E-state index contributed by atoms with van der Waals surface area (Å²) in [5, 5.41) is 2.10. The monoisotopic (exact) mass is 449 g/mol. The lowest BCUT2D eigenvalue weighted by Gasteiger charge is -2.34. The quantitative estimate of drug-likeness (QED) is 0.454. The Morgan fingerprint density at radius 1 is 1.00 bits per heavy atom. The van der Waals surface area contributed by atoms with Crippen molar-refractivity contribution in [2.75, 3.05) is 26.2 Å². The fourth-order valence-corrected chi connectivity index (χ4v) is 4.30. The number of furan rings is 1. The van der Waals surface area contributed by atoms with Gasteiger partial charge in [-0.15, -0.1) is 0 Å². The Kier molecular flexibility index (Phi) is 4.81. The first kappa shape index (κ1) is 18.3. The number of rotatable bonds is 3. The zero-order chi connectivity index (χ0) is 19.8. The molecule has 0 saturated carbocycles. The number of hydrogen-bond acceptors (Lipinski definition) is 4. The molecule has 2 aromatic heterocycles. The van der Waals surface area contributed by atoms with E-state index < -0.39 is 0 Å². The van der Waals surface area contributed by atoms with E-state index in [2.05, 4.69) is 50.1 Å². The summed E-state index contributed by atoms with van der Waals surface area (Å²) in [5.74, 6) is 0.369. The Balaban J connectivity index is 1.26. The third-order valence-electron chi connectivity index (χ3n) is 5.46. The van der Waals surface area contributed by atoms with E-state index in [1.54, 1.807) is 0 Å². The molecule has 1 fully saturated rings. The minimum Gasteiger partial charge on any atom is -0.451 e. The Morgan fingerprint density at radius 2 is 1.83 bits per heavy atom. The summed E-state index contributed by atoms with van der Waals surface area (Å²) in [7, 11) is 0. The van der Waals surface area contributed by atoms with Gasteiger partial charge in [0.15, 0.2) is 5.76 Å². The maximum atomic E-state index is 12.9. The molecule has 5 rings (SSSR count). The van der Waals surface area contributed by atoms with Gasteiger partial charge in [-0.25, -0.2) is 0 Å². The van der Waals surface area contributed by atoms with E-state index >= 15 is 0 Å². The zero-order valence-corrected chi connectivity index (χ0v) is 17.4. The van der Waals surface area contributed by atoms with Crippen LogP contribution in [0.5, 0.6) is 0 Å². The molecule has 0 bridgehead atoms. The smallest absolute Gasteiger partial charge is 0.289 e. The van der Waals surface area contributed by atoms with Gasteiger partial charge in [-0.1, -0.05) is 40.2 Å². The zero-order valence-electron chi connectivity index (χ0n) is 15.8. The summed E-state index contributed by atoms with van der Waals surface area (Å²) >= 11 is 3.46. The molecule has 0 N–H and O–H groups in total. The van der Waals surface area contributed by atoms with Crippen molar-refractivity contribution in [1.29, 1.82) is 0 Å². The normalized spacial score (nSPS) is 15.3. The topological polar surface area (TPSA) is 49.6 Å². The van der Waals surface area contributed by atoms with Crippen LogP contribution < -0.4 is 0 Å². The van der Waals surface area contributed by atoms with Crippen LogP contribution in [-0.2, 0) is 6.54 Å². The third-order valence-corrected chi connectivity index (χ3v) is 5.95. The molecule has 4 aromatic rings. The predicted octanol–water partition coefficient (Wildman–Crippen LogP) is 4.70. The van der Waals surface area contributed by atoms with Gasteiger partial charge in [-0.2, -0.15) is 0 Å². The number of amides is 1. The lowest BCUT2D eigenvalue weighted by atomic mass is 10.1. The summed E-state index contributed by atoms with van der Waals surface area (Å²) < 4.78 is 6.75. The van der Waals surface area contributed by atoms with E-state index in [0.29, 0.717) is 18.8 Å². The van der Waals surface area contributed by atoms with E-state index in [1.165, 1.54) is 5.56 Å². The molecule has 1 amide bonds. The Morgan fingerprint density at radius 3 is 2.69 bits per heavy atom. The average molecular weight is 450 g/mol. The molecule has 0 unspecified atom stereocenters. The second-order valence-electron chi connectivity index (χ2n) is 7.35. The van der Waals surface area contributed by atoms with Gasteiger partial charge in [0.05, 0.1) is 5.52 Å². The van der Waals surface area contributed by atoms with E-state index in [1.807, 2.05) is 41.4 Å². The Bertz CT molecular complexity index is 1190. The molecule has 0 spiro atoms. The number of piperazine rings is 1. The molecular weight excluding hydrogens is 430 g/mol. The number of carbonyl (C=O) groups excluding carboxylic acids is 1. The number of carbonyl (C=O) groups is 1. The molecule has 0 atom stereocenters. The summed E-state index contributed by atoms with van der Waals surface area (Å²) in [6.45, 7) is 3.89. The molecule has 146 valence electrons. The lowest BCUT2D eigenvalue weighted by molar-refractivity contribution is 0.0600. The highest BCUT2D eigenvalue weighted by Crippen LogP contribution is 2.25. The highest BCUT2D eigenvalue weighted by atomic mass is 79.9. The second-order valence-corrected chi connectivity index (χ2v) is 8.27. The van der Waals surface area contributed by atoms with Gasteiger partial charge in [0.25, 0.3) is 5.91 Å². The van der Waals surface area contributed by atoms with Crippen LogP contribution in [0.4, 0.5) is 0 Å². The van der Waals surface area contributed by atoms with E-state index in [4.69, 9.17) is 4.42 Å². The molecule has 1 saturated heterocycles. The summed E-state index contributed by atoms with van der Waals surface area (Å²) in [4.78, 5) is 21.7. The summed E-state index contributed by atoms with van der Waals surface area (Å²) in [5.41, 5.74) is 3.02. The Labute approximate surface area is 177 Å².